The van der Waals surface area contributed by atoms with E-state index in [1.165, 1.54) is 59.1 Å². The van der Waals surface area contributed by atoms with Crippen LogP contribution in [-0.2, 0) is 5.41 Å². The van der Waals surface area contributed by atoms with E-state index >= 15 is 0 Å². The SMILES string of the molecule is CC1(C)c2ccccc2-c2cc(-c3ccc4c(c3)sc3ccccc34)c(-c3ccc(-c4nc(-c5ccccc5)nc(-c5ccccc5)n4)cc3)cc21. The summed E-state index contributed by atoms with van der Waals surface area (Å²) in [6.07, 6.45) is 0. The molecule has 0 atom stereocenters. The molecule has 1 aliphatic carbocycles. The third kappa shape index (κ3) is 4.98. The number of hydrogen-bond donors (Lipinski definition) is 0. The molecule has 246 valence electrons. The lowest BCUT2D eigenvalue weighted by molar-refractivity contribution is 0.660. The zero-order chi connectivity index (χ0) is 34.8. The second-order valence-corrected chi connectivity index (χ2v) is 15.1. The Bertz CT molecular complexity index is 2740. The van der Waals surface area contributed by atoms with Crippen LogP contribution in [0.5, 0.6) is 0 Å². The fourth-order valence-corrected chi connectivity index (χ4v) is 9.00. The van der Waals surface area contributed by atoms with Gasteiger partial charge in [0.15, 0.2) is 17.5 Å². The number of hydrogen-bond acceptors (Lipinski definition) is 4. The van der Waals surface area contributed by atoms with Crippen molar-refractivity contribution in [3.05, 3.63) is 175 Å². The van der Waals surface area contributed by atoms with E-state index in [-0.39, 0.29) is 5.41 Å². The van der Waals surface area contributed by atoms with E-state index in [4.69, 9.17) is 15.0 Å². The Balaban J connectivity index is 1.13. The van der Waals surface area contributed by atoms with Crippen molar-refractivity contribution < 1.29 is 0 Å². The van der Waals surface area contributed by atoms with Crippen LogP contribution in [0.1, 0.15) is 25.0 Å². The summed E-state index contributed by atoms with van der Waals surface area (Å²) in [6, 6.07) is 58.5. The topological polar surface area (TPSA) is 38.7 Å². The highest BCUT2D eigenvalue weighted by Gasteiger charge is 2.36. The van der Waals surface area contributed by atoms with Crippen LogP contribution in [-0.4, -0.2) is 15.0 Å². The molecule has 1 aliphatic rings. The predicted octanol–water partition coefficient (Wildman–Crippen LogP) is 12.9. The van der Waals surface area contributed by atoms with Crippen molar-refractivity contribution in [3.63, 3.8) is 0 Å². The van der Waals surface area contributed by atoms with Crippen molar-refractivity contribution in [2.75, 3.05) is 0 Å². The lowest BCUT2D eigenvalue weighted by Gasteiger charge is -2.23. The molecule has 9 aromatic rings. The highest BCUT2D eigenvalue weighted by Crippen LogP contribution is 2.52. The van der Waals surface area contributed by atoms with Gasteiger partial charge in [-0.25, -0.2) is 15.0 Å². The number of fused-ring (bicyclic) bond motifs is 6. The van der Waals surface area contributed by atoms with E-state index in [0.717, 1.165) is 22.3 Å². The molecule has 0 bridgehead atoms. The second kappa shape index (κ2) is 11.9. The molecule has 2 aromatic heterocycles. The fraction of sp³-hybridized carbons (Fsp3) is 0.0625. The lowest BCUT2D eigenvalue weighted by atomic mass is 9.80. The van der Waals surface area contributed by atoms with Gasteiger partial charge in [0.25, 0.3) is 0 Å². The maximum absolute atomic E-state index is 4.98. The Labute approximate surface area is 307 Å². The van der Waals surface area contributed by atoms with Crippen LogP contribution in [0.15, 0.2) is 164 Å². The molecule has 7 aromatic carbocycles. The molecule has 10 rings (SSSR count). The van der Waals surface area contributed by atoms with E-state index in [0.29, 0.717) is 17.5 Å². The van der Waals surface area contributed by atoms with Crippen LogP contribution in [0.3, 0.4) is 0 Å². The standard InChI is InChI=1S/C48H33N3S/c1-48(2)41-19-11-9-17-35(41)40-28-38(34-25-26-37-36-18-10-12-20-43(36)52-44(37)27-34)39(29-42(40)48)30-21-23-33(24-22-30)47-50-45(31-13-5-3-6-14-31)49-46(51-47)32-15-7-4-8-16-32/h3-29H,1-2H3. The van der Waals surface area contributed by atoms with Gasteiger partial charge in [0.2, 0.25) is 0 Å². The molecule has 0 unspecified atom stereocenters. The summed E-state index contributed by atoms with van der Waals surface area (Å²) < 4.78 is 2.62. The first kappa shape index (κ1) is 30.6. The molecule has 0 saturated heterocycles. The van der Waals surface area contributed by atoms with Crippen LogP contribution in [0.4, 0.5) is 0 Å². The van der Waals surface area contributed by atoms with Crippen molar-refractivity contribution >= 4 is 31.5 Å². The quantitative estimate of drug-likeness (QED) is 0.181. The minimum Gasteiger partial charge on any atom is -0.208 e. The summed E-state index contributed by atoms with van der Waals surface area (Å²) in [6.45, 7) is 4.70. The number of thiophene rings is 1. The maximum atomic E-state index is 4.98. The van der Waals surface area contributed by atoms with Gasteiger partial charge in [-0.2, -0.15) is 0 Å². The van der Waals surface area contributed by atoms with E-state index in [1.54, 1.807) is 0 Å². The summed E-state index contributed by atoms with van der Waals surface area (Å²) in [5, 5.41) is 2.63. The monoisotopic (exact) mass is 683 g/mol. The first-order valence-corrected chi connectivity index (χ1v) is 18.5. The molecule has 0 aliphatic heterocycles. The summed E-state index contributed by atoms with van der Waals surface area (Å²) in [4.78, 5) is 14.9. The van der Waals surface area contributed by atoms with Gasteiger partial charge in [-0.1, -0.05) is 153 Å². The molecule has 4 heteroatoms. The van der Waals surface area contributed by atoms with Gasteiger partial charge < -0.3 is 0 Å². The number of benzene rings is 7. The molecule has 0 N–H and O–H groups in total. The minimum absolute atomic E-state index is 0.110. The Kier molecular flexibility index (Phi) is 7.02. The highest BCUT2D eigenvalue weighted by molar-refractivity contribution is 7.25. The number of aromatic nitrogens is 3. The molecule has 52 heavy (non-hydrogen) atoms. The van der Waals surface area contributed by atoms with Crippen molar-refractivity contribution in [2.24, 2.45) is 0 Å². The van der Waals surface area contributed by atoms with E-state index < -0.39 is 0 Å². The third-order valence-electron chi connectivity index (χ3n) is 10.6. The Morgan fingerprint density at radius 2 is 0.885 bits per heavy atom. The zero-order valence-electron chi connectivity index (χ0n) is 28.8. The largest absolute Gasteiger partial charge is 0.208 e. The van der Waals surface area contributed by atoms with Crippen LogP contribution in [0.2, 0.25) is 0 Å². The van der Waals surface area contributed by atoms with Gasteiger partial charge in [0.1, 0.15) is 0 Å². The summed E-state index contributed by atoms with van der Waals surface area (Å²) in [5.74, 6) is 1.97. The van der Waals surface area contributed by atoms with Crippen LogP contribution < -0.4 is 0 Å². The average Bonchev–Trinajstić information content (AvgIpc) is 3.69. The molecular weight excluding hydrogens is 651 g/mol. The van der Waals surface area contributed by atoms with Gasteiger partial charge >= 0.3 is 0 Å². The number of rotatable bonds is 5. The summed E-state index contributed by atoms with van der Waals surface area (Å²) in [7, 11) is 0. The molecule has 0 saturated carbocycles. The minimum atomic E-state index is -0.110. The molecular formula is C48H33N3S. The van der Waals surface area contributed by atoms with Gasteiger partial charge in [-0.05, 0) is 68.8 Å². The number of nitrogens with zero attached hydrogens (tertiary/aromatic N) is 3. The molecule has 0 amide bonds. The average molecular weight is 684 g/mol. The fourth-order valence-electron chi connectivity index (χ4n) is 7.86. The highest BCUT2D eigenvalue weighted by atomic mass is 32.1. The van der Waals surface area contributed by atoms with E-state index in [2.05, 4.69) is 117 Å². The first-order valence-electron chi connectivity index (χ1n) is 17.7. The molecule has 0 spiro atoms. The first-order chi connectivity index (χ1) is 25.5. The van der Waals surface area contributed by atoms with Crippen molar-refractivity contribution in [3.8, 4) is 67.5 Å². The van der Waals surface area contributed by atoms with Crippen LogP contribution >= 0.6 is 11.3 Å². The third-order valence-corrected chi connectivity index (χ3v) is 11.7. The molecule has 0 fully saturated rings. The normalized spacial score (nSPS) is 13.0. The Hall–Kier alpha value is -6.23. The van der Waals surface area contributed by atoms with Gasteiger partial charge in [0.05, 0.1) is 0 Å². The summed E-state index contributed by atoms with van der Waals surface area (Å²) >= 11 is 1.87. The zero-order valence-corrected chi connectivity index (χ0v) is 29.7. The van der Waals surface area contributed by atoms with Gasteiger partial charge in [-0.15, -0.1) is 11.3 Å². The molecule has 0 radical (unpaired) electrons. The van der Waals surface area contributed by atoms with Gasteiger partial charge in [0, 0.05) is 42.3 Å². The van der Waals surface area contributed by atoms with Crippen molar-refractivity contribution in [1.82, 2.24) is 15.0 Å². The van der Waals surface area contributed by atoms with Crippen molar-refractivity contribution in [2.45, 2.75) is 19.3 Å². The molecule has 2 heterocycles. The van der Waals surface area contributed by atoms with E-state index in [1.807, 2.05) is 72.0 Å². The predicted molar refractivity (Wildman–Crippen MR) is 217 cm³/mol. The smallest absolute Gasteiger partial charge is 0.164 e. The molecule has 3 nitrogen and oxygen atoms in total. The Morgan fingerprint density at radius 3 is 1.58 bits per heavy atom. The van der Waals surface area contributed by atoms with Gasteiger partial charge in [-0.3, -0.25) is 0 Å². The Morgan fingerprint density at radius 1 is 0.365 bits per heavy atom. The van der Waals surface area contributed by atoms with Crippen LogP contribution in [0.25, 0.3) is 87.7 Å². The maximum Gasteiger partial charge on any atom is 0.164 e. The van der Waals surface area contributed by atoms with Crippen LogP contribution in [0, 0.1) is 0 Å². The summed E-state index contributed by atoms with van der Waals surface area (Å²) in [5.41, 5.74) is 13.0. The lowest BCUT2D eigenvalue weighted by Crippen LogP contribution is -2.15. The second-order valence-electron chi connectivity index (χ2n) is 14.0. The van der Waals surface area contributed by atoms with Crippen molar-refractivity contribution in [1.29, 1.82) is 0 Å². The van der Waals surface area contributed by atoms with E-state index in [9.17, 15) is 0 Å².